The summed E-state index contributed by atoms with van der Waals surface area (Å²) in [5, 5.41) is 3.12. The van der Waals surface area contributed by atoms with Gasteiger partial charge in [0, 0.05) is 5.92 Å². The van der Waals surface area contributed by atoms with Gasteiger partial charge in [-0.25, -0.2) is 0 Å². The zero-order chi connectivity index (χ0) is 18.5. The zero-order valence-corrected chi connectivity index (χ0v) is 14.7. The minimum atomic E-state index is -0.225. The van der Waals surface area contributed by atoms with Gasteiger partial charge in [0.05, 0.1) is 19.3 Å². The van der Waals surface area contributed by atoms with Crippen molar-refractivity contribution >= 4 is 23.5 Å². The van der Waals surface area contributed by atoms with Crippen LogP contribution in [0.4, 0.5) is 17.6 Å². The van der Waals surface area contributed by atoms with E-state index in [0.29, 0.717) is 24.1 Å². The number of primary amides is 1. The van der Waals surface area contributed by atoms with E-state index in [-0.39, 0.29) is 17.8 Å². The number of rotatable bonds is 6. The summed E-state index contributed by atoms with van der Waals surface area (Å²) in [5.41, 5.74) is 12.0. The first-order chi connectivity index (χ1) is 12.5. The van der Waals surface area contributed by atoms with Crippen molar-refractivity contribution in [2.24, 2.45) is 11.7 Å². The quantitative estimate of drug-likeness (QED) is 0.695. The number of hydrogen-bond acceptors (Lipinski definition) is 8. The number of nitrogens with zero attached hydrogens (tertiary/aromatic N) is 4. The molecule has 5 N–H and O–H groups in total. The minimum Gasteiger partial charge on any atom is -0.495 e. The number of piperidine rings is 1. The molecule has 0 atom stereocenters. The monoisotopic (exact) mass is 357 g/mol. The minimum absolute atomic E-state index is 0.0440. The summed E-state index contributed by atoms with van der Waals surface area (Å²) < 4.78 is 5.32. The van der Waals surface area contributed by atoms with E-state index in [2.05, 4.69) is 25.2 Å². The highest BCUT2D eigenvalue weighted by Gasteiger charge is 2.23. The van der Waals surface area contributed by atoms with Gasteiger partial charge in [-0.05, 0) is 38.1 Å². The molecule has 3 rings (SSSR count). The first-order valence-corrected chi connectivity index (χ1v) is 8.47. The lowest BCUT2D eigenvalue weighted by molar-refractivity contribution is -0.123. The molecule has 0 radical (unpaired) electrons. The summed E-state index contributed by atoms with van der Waals surface area (Å²) >= 11 is 0. The number of para-hydroxylation sites is 2. The Kier molecular flexibility index (Phi) is 5.47. The standard InChI is InChI=1S/C17H23N7O2/c1-26-13-5-3-2-4-12(13)20-17-22-14(21-16(19)23-17)10-24-8-6-11(7-9-24)15(18)25/h2-5,11H,6-10H2,1H3,(H2,18,25)(H3,19,20,21,22,23). The maximum absolute atomic E-state index is 11.3. The molecule has 1 saturated heterocycles. The maximum Gasteiger partial charge on any atom is 0.232 e. The molecular weight excluding hydrogens is 334 g/mol. The molecule has 1 aromatic carbocycles. The molecule has 9 nitrogen and oxygen atoms in total. The van der Waals surface area contributed by atoms with Crippen molar-refractivity contribution in [2.45, 2.75) is 19.4 Å². The molecule has 138 valence electrons. The molecule has 0 saturated carbocycles. The van der Waals surface area contributed by atoms with Crippen LogP contribution in [0.2, 0.25) is 0 Å². The molecule has 0 bridgehead atoms. The smallest absolute Gasteiger partial charge is 0.232 e. The number of amides is 1. The third kappa shape index (κ3) is 4.37. The highest BCUT2D eigenvalue weighted by molar-refractivity contribution is 5.76. The van der Waals surface area contributed by atoms with E-state index in [1.54, 1.807) is 7.11 Å². The lowest BCUT2D eigenvalue weighted by atomic mass is 9.96. The molecule has 1 amide bonds. The second-order valence-electron chi connectivity index (χ2n) is 6.21. The summed E-state index contributed by atoms with van der Waals surface area (Å²) in [6.45, 7) is 2.09. The Labute approximate surface area is 151 Å². The summed E-state index contributed by atoms with van der Waals surface area (Å²) in [5.74, 6) is 1.51. The average molecular weight is 357 g/mol. The third-order valence-corrected chi connectivity index (χ3v) is 4.41. The highest BCUT2D eigenvalue weighted by Crippen LogP contribution is 2.26. The second-order valence-corrected chi connectivity index (χ2v) is 6.21. The number of anilines is 3. The van der Waals surface area contributed by atoms with Gasteiger partial charge in [-0.2, -0.15) is 15.0 Å². The van der Waals surface area contributed by atoms with Gasteiger partial charge in [0.2, 0.25) is 17.8 Å². The van der Waals surface area contributed by atoms with E-state index in [1.165, 1.54) is 0 Å². The number of carbonyl (C=O) groups excluding carboxylic acids is 1. The third-order valence-electron chi connectivity index (χ3n) is 4.41. The number of ether oxygens (including phenoxy) is 1. The van der Waals surface area contributed by atoms with Crippen LogP contribution < -0.4 is 21.5 Å². The Bertz CT molecular complexity index is 775. The number of methoxy groups -OCH3 is 1. The number of nitrogen functional groups attached to an aromatic ring is 1. The van der Waals surface area contributed by atoms with Crippen molar-refractivity contribution in [3.63, 3.8) is 0 Å². The molecule has 26 heavy (non-hydrogen) atoms. The van der Waals surface area contributed by atoms with E-state index < -0.39 is 0 Å². The van der Waals surface area contributed by atoms with Crippen LogP contribution in [0.15, 0.2) is 24.3 Å². The lowest BCUT2D eigenvalue weighted by Gasteiger charge is -2.29. The molecule has 1 fully saturated rings. The van der Waals surface area contributed by atoms with E-state index in [9.17, 15) is 4.79 Å². The van der Waals surface area contributed by atoms with Crippen molar-refractivity contribution in [1.29, 1.82) is 0 Å². The lowest BCUT2D eigenvalue weighted by Crippen LogP contribution is -2.38. The van der Waals surface area contributed by atoms with E-state index in [0.717, 1.165) is 31.6 Å². The van der Waals surface area contributed by atoms with Crippen LogP contribution in [0, 0.1) is 5.92 Å². The normalized spacial score (nSPS) is 15.6. The highest BCUT2D eigenvalue weighted by atomic mass is 16.5. The van der Waals surface area contributed by atoms with Crippen LogP contribution in [0.3, 0.4) is 0 Å². The maximum atomic E-state index is 11.3. The summed E-state index contributed by atoms with van der Waals surface area (Å²) in [6.07, 6.45) is 1.50. The van der Waals surface area contributed by atoms with Crippen molar-refractivity contribution in [3.8, 4) is 5.75 Å². The molecule has 1 aromatic heterocycles. The van der Waals surface area contributed by atoms with Gasteiger partial charge in [0.25, 0.3) is 0 Å². The van der Waals surface area contributed by atoms with Crippen molar-refractivity contribution in [3.05, 3.63) is 30.1 Å². The average Bonchev–Trinajstić information content (AvgIpc) is 2.62. The number of nitrogens with two attached hydrogens (primary N) is 2. The van der Waals surface area contributed by atoms with Crippen molar-refractivity contribution in [2.75, 3.05) is 31.2 Å². The molecular formula is C17H23N7O2. The molecule has 0 unspecified atom stereocenters. The second kappa shape index (κ2) is 7.96. The van der Waals surface area contributed by atoms with Gasteiger partial charge < -0.3 is 21.5 Å². The van der Waals surface area contributed by atoms with Crippen LogP contribution in [0.25, 0.3) is 0 Å². The molecule has 0 spiro atoms. The van der Waals surface area contributed by atoms with Gasteiger partial charge in [0.15, 0.2) is 0 Å². The van der Waals surface area contributed by atoms with Gasteiger partial charge in [-0.15, -0.1) is 0 Å². The predicted molar refractivity (Wildman–Crippen MR) is 97.7 cm³/mol. The number of aromatic nitrogens is 3. The molecule has 2 heterocycles. The SMILES string of the molecule is COc1ccccc1Nc1nc(N)nc(CN2CCC(C(N)=O)CC2)n1. The Morgan fingerprint density at radius 1 is 1.27 bits per heavy atom. The number of hydrogen-bond donors (Lipinski definition) is 3. The van der Waals surface area contributed by atoms with Crippen molar-refractivity contribution < 1.29 is 9.53 Å². The van der Waals surface area contributed by atoms with Gasteiger partial charge in [0.1, 0.15) is 11.6 Å². The van der Waals surface area contributed by atoms with Crippen LogP contribution in [-0.2, 0) is 11.3 Å². The van der Waals surface area contributed by atoms with Crippen LogP contribution >= 0.6 is 0 Å². The van der Waals surface area contributed by atoms with Gasteiger partial charge in [-0.1, -0.05) is 12.1 Å². The Balaban J connectivity index is 1.69. The Hall–Kier alpha value is -2.94. The summed E-state index contributed by atoms with van der Waals surface area (Å²) in [7, 11) is 1.60. The van der Waals surface area contributed by atoms with Crippen LogP contribution in [0.1, 0.15) is 18.7 Å². The van der Waals surface area contributed by atoms with E-state index >= 15 is 0 Å². The van der Waals surface area contributed by atoms with Crippen LogP contribution in [-0.4, -0.2) is 46.0 Å². The Morgan fingerprint density at radius 3 is 2.69 bits per heavy atom. The van der Waals surface area contributed by atoms with Crippen LogP contribution in [0.5, 0.6) is 5.75 Å². The fourth-order valence-electron chi connectivity index (χ4n) is 3.01. The fraction of sp³-hybridized carbons (Fsp3) is 0.412. The zero-order valence-electron chi connectivity index (χ0n) is 14.7. The fourth-order valence-corrected chi connectivity index (χ4v) is 3.01. The molecule has 9 heteroatoms. The topological polar surface area (TPSA) is 132 Å². The van der Waals surface area contributed by atoms with E-state index in [1.807, 2.05) is 24.3 Å². The van der Waals surface area contributed by atoms with Gasteiger partial charge in [-0.3, -0.25) is 9.69 Å². The first-order valence-electron chi connectivity index (χ1n) is 8.47. The van der Waals surface area contributed by atoms with Crippen molar-refractivity contribution in [1.82, 2.24) is 19.9 Å². The summed E-state index contributed by atoms with van der Waals surface area (Å²) in [6, 6.07) is 7.48. The molecule has 1 aliphatic heterocycles. The Morgan fingerprint density at radius 2 is 2.00 bits per heavy atom. The number of likely N-dealkylation sites (tertiary alicyclic amines) is 1. The van der Waals surface area contributed by atoms with Gasteiger partial charge >= 0.3 is 0 Å². The first kappa shape index (κ1) is 17.9. The summed E-state index contributed by atoms with van der Waals surface area (Å²) in [4.78, 5) is 26.3. The number of benzene rings is 1. The molecule has 2 aromatic rings. The van der Waals surface area contributed by atoms with E-state index in [4.69, 9.17) is 16.2 Å². The number of carbonyl (C=O) groups is 1. The molecule has 1 aliphatic rings. The largest absolute Gasteiger partial charge is 0.495 e. The number of nitrogens with one attached hydrogen (secondary N) is 1. The predicted octanol–water partition coefficient (Wildman–Crippen LogP) is 0.903. The molecule has 0 aliphatic carbocycles.